The fraction of sp³-hybridized carbons (Fsp3) is 0.857. The van der Waals surface area contributed by atoms with Gasteiger partial charge >= 0.3 is 0 Å². The van der Waals surface area contributed by atoms with Gasteiger partial charge in [0.2, 0.25) is 5.91 Å². The summed E-state index contributed by atoms with van der Waals surface area (Å²) in [5.74, 6) is 0.159. The minimum Gasteiger partial charge on any atom is -0.382 e. The lowest BCUT2D eigenvalue weighted by Crippen LogP contribution is -2.40. The Labute approximate surface area is 125 Å². The molecule has 0 aromatic rings. The summed E-state index contributed by atoms with van der Waals surface area (Å²) in [6.07, 6.45) is 0.913. The zero-order chi connectivity index (χ0) is 15.3. The summed E-state index contributed by atoms with van der Waals surface area (Å²) in [6.45, 7) is 4.01. The minimum absolute atomic E-state index is 0.0435. The van der Waals surface area contributed by atoms with Crippen LogP contribution in [0.3, 0.4) is 0 Å². The van der Waals surface area contributed by atoms with Gasteiger partial charge in [0.1, 0.15) is 12.4 Å². The van der Waals surface area contributed by atoms with E-state index in [2.05, 4.69) is 0 Å². The van der Waals surface area contributed by atoms with Crippen LogP contribution in [0, 0.1) is 0 Å². The SMILES string of the molecule is COCCOCCOCCOCC(=O)N1CCC(=O)CC1. The van der Waals surface area contributed by atoms with Gasteiger partial charge in [-0.25, -0.2) is 0 Å². The van der Waals surface area contributed by atoms with Crippen molar-refractivity contribution in [2.24, 2.45) is 0 Å². The molecule has 1 aliphatic rings. The fourth-order valence-electron chi connectivity index (χ4n) is 1.84. The Kier molecular flexibility index (Phi) is 9.98. The van der Waals surface area contributed by atoms with E-state index >= 15 is 0 Å². The highest BCUT2D eigenvalue weighted by atomic mass is 16.6. The highest BCUT2D eigenvalue weighted by Crippen LogP contribution is 2.05. The molecule has 0 aliphatic carbocycles. The number of hydrogen-bond donors (Lipinski definition) is 0. The summed E-state index contributed by atoms with van der Waals surface area (Å²) >= 11 is 0. The van der Waals surface area contributed by atoms with Gasteiger partial charge in [0, 0.05) is 33.0 Å². The number of methoxy groups -OCH3 is 1. The highest BCUT2D eigenvalue weighted by molar-refractivity contribution is 5.83. The topological polar surface area (TPSA) is 74.3 Å². The van der Waals surface area contributed by atoms with Gasteiger partial charge in [-0.05, 0) is 0 Å². The summed E-state index contributed by atoms with van der Waals surface area (Å²) in [5, 5.41) is 0. The molecule has 1 fully saturated rings. The monoisotopic (exact) mass is 303 g/mol. The number of rotatable bonds is 11. The van der Waals surface area contributed by atoms with Crippen molar-refractivity contribution in [1.82, 2.24) is 4.90 Å². The number of likely N-dealkylation sites (tertiary alicyclic amines) is 1. The van der Waals surface area contributed by atoms with E-state index in [0.717, 1.165) is 0 Å². The molecule has 0 aromatic carbocycles. The molecule has 122 valence electrons. The van der Waals surface area contributed by atoms with E-state index in [4.69, 9.17) is 18.9 Å². The summed E-state index contributed by atoms with van der Waals surface area (Å²) in [5.41, 5.74) is 0. The average molecular weight is 303 g/mol. The van der Waals surface area contributed by atoms with Crippen LogP contribution in [-0.2, 0) is 28.5 Å². The van der Waals surface area contributed by atoms with Crippen molar-refractivity contribution in [1.29, 1.82) is 0 Å². The lowest BCUT2D eigenvalue weighted by molar-refractivity contribution is -0.139. The molecular weight excluding hydrogens is 278 g/mol. The van der Waals surface area contributed by atoms with Crippen molar-refractivity contribution >= 4 is 11.7 Å². The van der Waals surface area contributed by atoms with Crippen LogP contribution in [0.15, 0.2) is 0 Å². The zero-order valence-corrected chi connectivity index (χ0v) is 12.7. The Bertz CT molecular complexity index is 300. The Morgan fingerprint density at radius 3 is 2.05 bits per heavy atom. The lowest BCUT2D eigenvalue weighted by atomic mass is 10.1. The lowest BCUT2D eigenvalue weighted by Gasteiger charge is -2.25. The van der Waals surface area contributed by atoms with Gasteiger partial charge in [0.25, 0.3) is 0 Å². The average Bonchev–Trinajstić information content (AvgIpc) is 2.49. The maximum absolute atomic E-state index is 11.8. The Balaban J connectivity index is 1.87. The van der Waals surface area contributed by atoms with Crippen molar-refractivity contribution in [3.05, 3.63) is 0 Å². The van der Waals surface area contributed by atoms with E-state index in [1.807, 2.05) is 0 Å². The van der Waals surface area contributed by atoms with E-state index in [9.17, 15) is 9.59 Å². The summed E-state index contributed by atoms with van der Waals surface area (Å²) in [4.78, 5) is 24.5. The molecule has 0 aromatic heterocycles. The molecule has 1 saturated heterocycles. The molecule has 1 amide bonds. The van der Waals surface area contributed by atoms with Crippen molar-refractivity contribution < 1.29 is 28.5 Å². The molecule has 0 radical (unpaired) electrons. The first-order valence-corrected chi connectivity index (χ1v) is 7.25. The van der Waals surface area contributed by atoms with Crippen LogP contribution in [0.2, 0.25) is 0 Å². The van der Waals surface area contributed by atoms with Gasteiger partial charge < -0.3 is 23.8 Å². The smallest absolute Gasteiger partial charge is 0.248 e. The van der Waals surface area contributed by atoms with Gasteiger partial charge in [-0.15, -0.1) is 0 Å². The zero-order valence-electron chi connectivity index (χ0n) is 12.7. The molecular formula is C14H25NO6. The van der Waals surface area contributed by atoms with Crippen molar-refractivity contribution in [3.63, 3.8) is 0 Å². The van der Waals surface area contributed by atoms with Gasteiger partial charge in [-0.1, -0.05) is 0 Å². The van der Waals surface area contributed by atoms with Gasteiger partial charge in [-0.2, -0.15) is 0 Å². The van der Waals surface area contributed by atoms with Gasteiger partial charge in [-0.3, -0.25) is 9.59 Å². The molecule has 0 spiro atoms. The number of Topliss-reactive ketones (excluding diaryl/α,β-unsaturated/α-hetero) is 1. The number of carbonyl (C=O) groups excluding carboxylic acids is 2. The van der Waals surface area contributed by atoms with E-state index in [1.54, 1.807) is 12.0 Å². The number of carbonyl (C=O) groups is 2. The van der Waals surface area contributed by atoms with E-state index in [1.165, 1.54) is 0 Å². The second kappa shape index (κ2) is 11.6. The van der Waals surface area contributed by atoms with E-state index in [0.29, 0.717) is 65.6 Å². The second-order valence-electron chi connectivity index (χ2n) is 4.69. The second-order valence-corrected chi connectivity index (χ2v) is 4.69. The number of piperidine rings is 1. The molecule has 0 N–H and O–H groups in total. The third-order valence-electron chi connectivity index (χ3n) is 3.08. The molecule has 1 rings (SSSR count). The largest absolute Gasteiger partial charge is 0.382 e. The predicted octanol–water partition coefficient (Wildman–Crippen LogP) is -0.126. The molecule has 1 heterocycles. The van der Waals surface area contributed by atoms with Crippen LogP contribution in [0.25, 0.3) is 0 Å². The van der Waals surface area contributed by atoms with Crippen LogP contribution in [0.1, 0.15) is 12.8 Å². The number of nitrogens with zero attached hydrogens (tertiary/aromatic N) is 1. The van der Waals surface area contributed by atoms with Crippen molar-refractivity contribution in [2.45, 2.75) is 12.8 Å². The quantitative estimate of drug-likeness (QED) is 0.495. The van der Waals surface area contributed by atoms with Crippen molar-refractivity contribution in [3.8, 4) is 0 Å². The molecule has 0 atom stereocenters. The Hall–Kier alpha value is -1.02. The van der Waals surface area contributed by atoms with Crippen LogP contribution in [0.4, 0.5) is 0 Å². The van der Waals surface area contributed by atoms with E-state index < -0.39 is 0 Å². The van der Waals surface area contributed by atoms with Crippen LogP contribution in [0.5, 0.6) is 0 Å². The summed E-state index contributed by atoms with van der Waals surface area (Å²) in [7, 11) is 1.63. The van der Waals surface area contributed by atoms with Gasteiger partial charge in [0.05, 0.1) is 39.6 Å². The van der Waals surface area contributed by atoms with Crippen LogP contribution in [-0.4, -0.2) is 83.0 Å². The first-order chi connectivity index (χ1) is 10.2. The third-order valence-corrected chi connectivity index (χ3v) is 3.08. The standard InChI is InChI=1S/C14H25NO6/c1-18-6-7-19-8-9-20-10-11-21-12-14(17)15-4-2-13(16)3-5-15/h2-12H2,1H3. The molecule has 7 nitrogen and oxygen atoms in total. The molecule has 1 aliphatic heterocycles. The minimum atomic E-state index is -0.0644. The van der Waals surface area contributed by atoms with Crippen LogP contribution >= 0.6 is 0 Å². The first kappa shape index (κ1) is 18.0. The van der Waals surface area contributed by atoms with Crippen LogP contribution < -0.4 is 0 Å². The molecule has 7 heteroatoms. The maximum atomic E-state index is 11.8. The molecule has 0 bridgehead atoms. The number of amides is 1. The Morgan fingerprint density at radius 2 is 1.48 bits per heavy atom. The predicted molar refractivity (Wildman–Crippen MR) is 75.2 cm³/mol. The molecule has 21 heavy (non-hydrogen) atoms. The number of ketones is 1. The molecule has 0 saturated carbocycles. The number of hydrogen-bond acceptors (Lipinski definition) is 6. The summed E-state index contributed by atoms with van der Waals surface area (Å²) in [6, 6.07) is 0. The van der Waals surface area contributed by atoms with E-state index in [-0.39, 0.29) is 18.3 Å². The number of ether oxygens (including phenoxy) is 4. The third kappa shape index (κ3) is 8.77. The maximum Gasteiger partial charge on any atom is 0.248 e. The van der Waals surface area contributed by atoms with Gasteiger partial charge in [0.15, 0.2) is 0 Å². The first-order valence-electron chi connectivity index (χ1n) is 7.25. The normalized spacial score (nSPS) is 15.5. The highest BCUT2D eigenvalue weighted by Gasteiger charge is 2.20. The fourth-order valence-corrected chi connectivity index (χ4v) is 1.84. The van der Waals surface area contributed by atoms with Crippen molar-refractivity contribution in [2.75, 3.05) is 66.4 Å². The Morgan fingerprint density at radius 1 is 0.952 bits per heavy atom. The summed E-state index contributed by atoms with van der Waals surface area (Å²) < 4.78 is 20.6. The molecule has 0 unspecified atom stereocenters.